The number of hydrogen-bond donors (Lipinski definition) is 5. The molecule has 0 aromatic heterocycles. The highest BCUT2D eigenvalue weighted by molar-refractivity contribution is 5.85. The third-order valence-corrected chi connectivity index (χ3v) is 8.57. The molecule has 0 saturated heterocycles. The highest BCUT2D eigenvalue weighted by Crippen LogP contribution is 2.15. The Hall–Kier alpha value is -3.34. The zero-order valence-corrected chi connectivity index (χ0v) is 35.2. The van der Waals surface area contributed by atoms with Gasteiger partial charge < -0.3 is 49.8 Å². The van der Waals surface area contributed by atoms with Gasteiger partial charge >= 0.3 is 17.9 Å². The normalized spacial score (nSPS) is 11.8. The minimum Gasteiger partial charge on any atom is -0.481 e. The first-order chi connectivity index (χ1) is 27.3. The van der Waals surface area contributed by atoms with Gasteiger partial charge in [-0.2, -0.15) is 0 Å². The standard InChI is InChI=1S/C41H75N3O13/c1-41(2,3)57-40(52)34(44-36(46)20-18-16-14-12-10-8-6-4-5-7-9-11-13-15-17-19-21-38(48)49)22-23-35(45)42-24-26-53-28-30-55-32-37(47)43-25-27-54-29-31-56-33-39(50)51/h34H,4-33H2,1-3H3,(H,42,45)(H,43,47)(H,44,46)(H,48,49)(H,50,51)/t34-/m0/s1. The Labute approximate surface area is 340 Å². The monoisotopic (exact) mass is 818 g/mol. The molecule has 0 aromatic rings. The van der Waals surface area contributed by atoms with Crippen molar-refractivity contribution in [2.24, 2.45) is 0 Å². The maximum Gasteiger partial charge on any atom is 0.329 e. The third kappa shape index (κ3) is 40.7. The van der Waals surface area contributed by atoms with Crippen LogP contribution in [0.25, 0.3) is 0 Å². The van der Waals surface area contributed by atoms with E-state index in [1.54, 1.807) is 20.8 Å². The van der Waals surface area contributed by atoms with Gasteiger partial charge in [0.2, 0.25) is 17.7 Å². The second-order valence-electron chi connectivity index (χ2n) is 15.2. The summed E-state index contributed by atoms with van der Waals surface area (Å²) in [5.41, 5.74) is -0.739. The Balaban J connectivity index is 3.99. The molecule has 16 heteroatoms. The largest absolute Gasteiger partial charge is 0.481 e. The second-order valence-corrected chi connectivity index (χ2v) is 15.2. The fourth-order valence-electron chi connectivity index (χ4n) is 5.63. The van der Waals surface area contributed by atoms with E-state index in [-0.39, 0.29) is 103 Å². The first-order valence-corrected chi connectivity index (χ1v) is 21.1. The average Bonchev–Trinajstić information content (AvgIpc) is 3.13. The molecule has 0 radical (unpaired) electrons. The maximum absolute atomic E-state index is 12.8. The molecule has 0 aromatic carbocycles. The first-order valence-electron chi connectivity index (χ1n) is 21.1. The van der Waals surface area contributed by atoms with Crippen LogP contribution < -0.4 is 16.0 Å². The van der Waals surface area contributed by atoms with Crippen LogP contribution in [0.15, 0.2) is 0 Å². The van der Waals surface area contributed by atoms with Gasteiger partial charge in [0.25, 0.3) is 0 Å². The number of carboxylic acids is 2. The smallest absolute Gasteiger partial charge is 0.329 e. The van der Waals surface area contributed by atoms with Crippen LogP contribution in [-0.2, 0) is 52.5 Å². The number of rotatable bonds is 40. The SMILES string of the molecule is CC(C)(C)OC(=O)[C@H](CCC(=O)NCCOCCOCC(=O)NCCOCCOCC(=O)O)NC(=O)CCCCCCCCCCCCCCCCCCC(=O)O. The van der Waals surface area contributed by atoms with Gasteiger partial charge in [-0.05, 0) is 40.0 Å². The molecule has 0 aliphatic carbocycles. The lowest BCUT2D eigenvalue weighted by Gasteiger charge is -2.24. The van der Waals surface area contributed by atoms with Crippen LogP contribution in [0.4, 0.5) is 0 Å². The summed E-state index contributed by atoms with van der Waals surface area (Å²) >= 11 is 0. The van der Waals surface area contributed by atoms with Gasteiger partial charge in [-0.25, -0.2) is 9.59 Å². The lowest BCUT2D eigenvalue weighted by Crippen LogP contribution is -2.44. The highest BCUT2D eigenvalue weighted by Gasteiger charge is 2.27. The van der Waals surface area contributed by atoms with E-state index in [0.29, 0.717) is 6.42 Å². The lowest BCUT2D eigenvalue weighted by atomic mass is 10.0. The van der Waals surface area contributed by atoms with Crippen molar-refractivity contribution in [1.29, 1.82) is 0 Å². The topological polar surface area (TPSA) is 225 Å². The predicted octanol–water partition coefficient (Wildman–Crippen LogP) is 5.08. The molecule has 0 heterocycles. The van der Waals surface area contributed by atoms with E-state index in [4.69, 9.17) is 33.9 Å². The fourth-order valence-corrected chi connectivity index (χ4v) is 5.63. The third-order valence-electron chi connectivity index (χ3n) is 8.57. The molecule has 5 N–H and O–H groups in total. The van der Waals surface area contributed by atoms with Crippen molar-refractivity contribution in [2.75, 3.05) is 65.9 Å². The molecule has 0 bridgehead atoms. The molecular weight excluding hydrogens is 742 g/mol. The van der Waals surface area contributed by atoms with Crippen LogP contribution in [0, 0.1) is 0 Å². The quantitative estimate of drug-likeness (QED) is 0.0402. The first kappa shape index (κ1) is 53.7. The van der Waals surface area contributed by atoms with Crippen molar-refractivity contribution in [3.8, 4) is 0 Å². The molecule has 3 amide bonds. The molecule has 0 rings (SSSR count). The lowest BCUT2D eigenvalue weighted by molar-refractivity contribution is -0.159. The van der Waals surface area contributed by atoms with Crippen LogP contribution in [0.3, 0.4) is 0 Å². The minimum absolute atomic E-state index is 0.0174. The van der Waals surface area contributed by atoms with Gasteiger partial charge in [-0.1, -0.05) is 89.9 Å². The average molecular weight is 818 g/mol. The molecule has 0 aliphatic heterocycles. The van der Waals surface area contributed by atoms with Crippen molar-refractivity contribution in [1.82, 2.24) is 16.0 Å². The summed E-state index contributed by atoms with van der Waals surface area (Å²) in [4.78, 5) is 70.7. The number of carbonyl (C=O) groups excluding carboxylic acids is 4. The van der Waals surface area contributed by atoms with Crippen LogP contribution in [0.1, 0.15) is 149 Å². The zero-order chi connectivity index (χ0) is 42.4. The number of ether oxygens (including phenoxy) is 5. The molecule has 0 saturated carbocycles. The number of aliphatic carboxylic acids is 2. The van der Waals surface area contributed by atoms with Crippen LogP contribution in [-0.4, -0.2) is 123 Å². The summed E-state index contributed by atoms with van der Waals surface area (Å²) in [6.07, 6.45) is 18.8. The van der Waals surface area contributed by atoms with Gasteiger partial charge in [0, 0.05) is 32.4 Å². The number of carbonyl (C=O) groups is 6. The Morgan fingerprint density at radius 3 is 1.35 bits per heavy atom. The van der Waals surface area contributed by atoms with Gasteiger partial charge in [-0.3, -0.25) is 19.2 Å². The number of carboxylic acid groups (broad SMARTS) is 2. The summed E-state index contributed by atoms with van der Waals surface area (Å²) in [6, 6.07) is -0.930. The summed E-state index contributed by atoms with van der Waals surface area (Å²) in [7, 11) is 0. The minimum atomic E-state index is -1.05. The number of hydrogen-bond acceptors (Lipinski definition) is 11. The molecule has 0 fully saturated rings. The molecule has 1 atom stereocenters. The van der Waals surface area contributed by atoms with E-state index in [1.807, 2.05) is 0 Å². The molecule has 0 unspecified atom stereocenters. The predicted molar refractivity (Wildman–Crippen MR) is 215 cm³/mol. The van der Waals surface area contributed by atoms with E-state index < -0.39 is 29.6 Å². The van der Waals surface area contributed by atoms with Crippen LogP contribution in [0.5, 0.6) is 0 Å². The molecule has 57 heavy (non-hydrogen) atoms. The van der Waals surface area contributed by atoms with Crippen LogP contribution >= 0.6 is 0 Å². The van der Waals surface area contributed by atoms with E-state index in [2.05, 4.69) is 16.0 Å². The van der Waals surface area contributed by atoms with Crippen molar-refractivity contribution in [3.63, 3.8) is 0 Å². The van der Waals surface area contributed by atoms with Gasteiger partial charge in [-0.15, -0.1) is 0 Å². The summed E-state index contributed by atoms with van der Waals surface area (Å²) in [6.45, 7) is 6.47. The Morgan fingerprint density at radius 2 is 0.895 bits per heavy atom. The summed E-state index contributed by atoms with van der Waals surface area (Å²) in [5, 5.41) is 25.3. The van der Waals surface area contributed by atoms with Crippen molar-refractivity contribution >= 4 is 35.6 Å². The summed E-state index contributed by atoms with van der Waals surface area (Å²) < 4.78 is 26.2. The zero-order valence-electron chi connectivity index (χ0n) is 35.2. The van der Waals surface area contributed by atoms with Crippen molar-refractivity contribution in [2.45, 2.75) is 161 Å². The highest BCUT2D eigenvalue weighted by atomic mass is 16.6. The van der Waals surface area contributed by atoms with Crippen molar-refractivity contribution < 1.29 is 62.7 Å². The number of nitrogens with one attached hydrogen (secondary N) is 3. The van der Waals surface area contributed by atoms with E-state index in [0.717, 1.165) is 44.9 Å². The van der Waals surface area contributed by atoms with Crippen molar-refractivity contribution in [3.05, 3.63) is 0 Å². The summed E-state index contributed by atoms with van der Waals surface area (Å²) in [5.74, 6) is -3.16. The molecule has 0 spiro atoms. The Bertz CT molecular complexity index is 1080. The van der Waals surface area contributed by atoms with Gasteiger partial charge in [0.15, 0.2) is 0 Å². The molecule has 0 aliphatic rings. The van der Waals surface area contributed by atoms with Gasteiger partial charge in [0.05, 0.1) is 39.6 Å². The number of esters is 1. The van der Waals surface area contributed by atoms with Gasteiger partial charge in [0.1, 0.15) is 24.9 Å². The second kappa shape index (κ2) is 37.0. The van der Waals surface area contributed by atoms with E-state index >= 15 is 0 Å². The molecule has 16 nitrogen and oxygen atoms in total. The fraction of sp³-hybridized carbons (Fsp3) is 0.854. The maximum atomic E-state index is 12.8. The molecular formula is C41H75N3O13. The molecule has 332 valence electrons. The Kier molecular flexibility index (Phi) is 34.8. The van der Waals surface area contributed by atoms with E-state index in [9.17, 15) is 28.8 Å². The van der Waals surface area contributed by atoms with E-state index in [1.165, 1.54) is 57.8 Å². The van der Waals surface area contributed by atoms with Crippen LogP contribution in [0.2, 0.25) is 0 Å². The number of unbranched alkanes of at least 4 members (excludes halogenated alkanes) is 15. The Morgan fingerprint density at radius 1 is 0.474 bits per heavy atom. The number of amides is 3.